The molecule has 2 unspecified atom stereocenters. The summed E-state index contributed by atoms with van der Waals surface area (Å²) in [5.74, 6) is 0.783. The SMILES string of the molecule is CCC(CNC(=O)C1CCCNC1)c1ccccc1.Cl. The maximum Gasteiger partial charge on any atom is 0.224 e. The minimum atomic E-state index is 0. The topological polar surface area (TPSA) is 41.1 Å². The van der Waals surface area contributed by atoms with E-state index in [1.165, 1.54) is 5.56 Å². The van der Waals surface area contributed by atoms with Crippen LogP contribution in [0.1, 0.15) is 37.7 Å². The number of benzene rings is 1. The number of nitrogens with one attached hydrogen (secondary N) is 2. The first-order valence-electron chi connectivity index (χ1n) is 7.34. The molecule has 1 aliphatic heterocycles. The van der Waals surface area contributed by atoms with Gasteiger partial charge in [0.15, 0.2) is 0 Å². The van der Waals surface area contributed by atoms with Gasteiger partial charge in [-0.2, -0.15) is 0 Å². The lowest BCUT2D eigenvalue weighted by Crippen LogP contribution is -2.41. The van der Waals surface area contributed by atoms with Crippen LogP contribution in [0.5, 0.6) is 0 Å². The molecular weight excluding hydrogens is 272 g/mol. The maximum absolute atomic E-state index is 12.1. The van der Waals surface area contributed by atoms with Gasteiger partial charge in [0, 0.05) is 19.0 Å². The van der Waals surface area contributed by atoms with Crippen LogP contribution in [-0.2, 0) is 4.79 Å². The van der Waals surface area contributed by atoms with Crippen molar-refractivity contribution in [2.75, 3.05) is 19.6 Å². The smallest absolute Gasteiger partial charge is 0.224 e. The molecule has 4 heteroatoms. The lowest BCUT2D eigenvalue weighted by molar-refractivity contribution is -0.125. The highest BCUT2D eigenvalue weighted by atomic mass is 35.5. The largest absolute Gasteiger partial charge is 0.355 e. The maximum atomic E-state index is 12.1. The van der Waals surface area contributed by atoms with Gasteiger partial charge in [-0.05, 0) is 31.4 Å². The van der Waals surface area contributed by atoms with Gasteiger partial charge in [-0.1, -0.05) is 37.3 Å². The number of hydrogen-bond acceptors (Lipinski definition) is 2. The van der Waals surface area contributed by atoms with Crippen LogP contribution >= 0.6 is 12.4 Å². The molecule has 112 valence electrons. The van der Waals surface area contributed by atoms with Crippen molar-refractivity contribution in [2.24, 2.45) is 5.92 Å². The predicted molar refractivity (Wildman–Crippen MR) is 85.3 cm³/mol. The lowest BCUT2D eigenvalue weighted by Gasteiger charge is -2.23. The standard InChI is InChI=1S/C16H24N2O.ClH/c1-2-13(14-7-4-3-5-8-14)12-18-16(19)15-9-6-10-17-11-15;/h3-5,7-8,13,15,17H,2,6,9-12H2,1H3,(H,18,19);1H. The van der Waals surface area contributed by atoms with Crippen LogP contribution in [0.15, 0.2) is 30.3 Å². The Balaban J connectivity index is 0.00000200. The van der Waals surface area contributed by atoms with E-state index >= 15 is 0 Å². The molecule has 2 N–H and O–H groups in total. The van der Waals surface area contributed by atoms with Gasteiger partial charge < -0.3 is 10.6 Å². The number of carbonyl (C=O) groups is 1. The Morgan fingerprint density at radius 2 is 2.15 bits per heavy atom. The molecule has 1 aromatic rings. The number of rotatable bonds is 5. The first-order valence-corrected chi connectivity index (χ1v) is 7.34. The summed E-state index contributed by atoms with van der Waals surface area (Å²) in [5, 5.41) is 6.41. The molecule has 0 aromatic heterocycles. The monoisotopic (exact) mass is 296 g/mol. The minimum Gasteiger partial charge on any atom is -0.355 e. The highest BCUT2D eigenvalue weighted by molar-refractivity contribution is 5.85. The van der Waals surface area contributed by atoms with E-state index in [1.807, 2.05) is 6.07 Å². The molecule has 0 saturated carbocycles. The Morgan fingerprint density at radius 3 is 2.75 bits per heavy atom. The highest BCUT2D eigenvalue weighted by Gasteiger charge is 2.21. The van der Waals surface area contributed by atoms with Gasteiger partial charge in [-0.3, -0.25) is 4.79 Å². The summed E-state index contributed by atoms with van der Waals surface area (Å²) < 4.78 is 0. The molecule has 20 heavy (non-hydrogen) atoms. The number of piperidine rings is 1. The molecule has 0 bridgehead atoms. The van der Waals surface area contributed by atoms with Crippen molar-refractivity contribution < 1.29 is 4.79 Å². The predicted octanol–water partition coefficient (Wildman–Crippen LogP) is 2.72. The summed E-state index contributed by atoms with van der Waals surface area (Å²) in [6.45, 7) is 4.79. The Hall–Kier alpha value is -1.06. The first kappa shape index (κ1) is 17.0. The van der Waals surface area contributed by atoms with Gasteiger partial charge in [-0.25, -0.2) is 0 Å². The summed E-state index contributed by atoms with van der Waals surface area (Å²) >= 11 is 0. The zero-order valence-corrected chi connectivity index (χ0v) is 12.9. The molecule has 2 atom stereocenters. The van der Waals surface area contributed by atoms with Crippen LogP contribution in [-0.4, -0.2) is 25.5 Å². The first-order chi connectivity index (χ1) is 9.31. The number of hydrogen-bond donors (Lipinski definition) is 2. The average molecular weight is 297 g/mol. The Labute approximate surface area is 127 Å². The van der Waals surface area contributed by atoms with Crippen molar-refractivity contribution in [3.63, 3.8) is 0 Å². The number of amides is 1. The van der Waals surface area contributed by atoms with Crippen molar-refractivity contribution >= 4 is 18.3 Å². The lowest BCUT2D eigenvalue weighted by atomic mass is 9.95. The Kier molecular flexibility index (Phi) is 7.63. The van der Waals surface area contributed by atoms with Crippen LogP contribution in [0.25, 0.3) is 0 Å². The summed E-state index contributed by atoms with van der Waals surface area (Å²) in [7, 11) is 0. The molecule has 0 aliphatic carbocycles. The normalized spacial score (nSPS) is 19.8. The molecule has 0 spiro atoms. The molecule has 1 fully saturated rings. The minimum absolute atomic E-state index is 0. The highest BCUT2D eigenvalue weighted by Crippen LogP contribution is 2.18. The van der Waals surface area contributed by atoms with E-state index in [0.29, 0.717) is 5.92 Å². The van der Waals surface area contributed by atoms with E-state index in [0.717, 1.165) is 38.9 Å². The fraction of sp³-hybridized carbons (Fsp3) is 0.562. The number of carbonyl (C=O) groups excluding carboxylic acids is 1. The van der Waals surface area contributed by atoms with Crippen LogP contribution in [0.3, 0.4) is 0 Å². The van der Waals surface area contributed by atoms with Crippen LogP contribution in [0.2, 0.25) is 0 Å². The number of halogens is 1. The third kappa shape index (κ3) is 4.80. The second-order valence-electron chi connectivity index (χ2n) is 5.30. The second kappa shape index (κ2) is 8.98. The van der Waals surface area contributed by atoms with Crippen molar-refractivity contribution in [3.8, 4) is 0 Å². The van der Waals surface area contributed by atoms with E-state index in [9.17, 15) is 4.79 Å². The van der Waals surface area contributed by atoms with Gasteiger partial charge in [0.2, 0.25) is 5.91 Å². The van der Waals surface area contributed by atoms with Crippen LogP contribution < -0.4 is 10.6 Å². The molecule has 1 heterocycles. The fourth-order valence-electron chi connectivity index (χ4n) is 2.67. The van der Waals surface area contributed by atoms with E-state index in [1.54, 1.807) is 0 Å². The van der Waals surface area contributed by atoms with Gasteiger partial charge in [0.25, 0.3) is 0 Å². The molecule has 1 aliphatic rings. The molecule has 1 aromatic carbocycles. The van der Waals surface area contributed by atoms with Gasteiger partial charge in [0.1, 0.15) is 0 Å². The van der Waals surface area contributed by atoms with Crippen LogP contribution in [0.4, 0.5) is 0 Å². The molecule has 3 nitrogen and oxygen atoms in total. The van der Waals surface area contributed by atoms with E-state index in [2.05, 4.69) is 41.8 Å². The summed E-state index contributed by atoms with van der Waals surface area (Å²) in [6, 6.07) is 10.4. The van der Waals surface area contributed by atoms with Gasteiger partial charge in [-0.15, -0.1) is 12.4 Å². The van der Waals surface area contributed by atoms with Gasteiger partial charge >= 0.3 is 0 Å². The molecule has 1 amide bonds. The third-order valence-corrected chi connectivity index (χ3v) is 3.95. The molecular formula is C16H25ClN2O. The van der Waals surface area contributed by atoms with E-state index in [4.69, 9.17) is 0 Å². The zero-order valence-electron chi connectivity index (χ0n) is 12.1. The van der Waals surface area contributed by atoms with Gasteiger partial charge in [0.05, 0.1) is 5.92 Å². The Bertz CT molecular complexity index is 391. The summed E-state index contributed by atoms with van der Waals surface area (Å²) in [6.07, 6.45) is 3.17. The van der Waals surface area contributed by atoms with Crippen LogP contribution in [0, 0.1) is 5.92 Å². The molecule has 2 rings (SSSR count). The zero-order chi connectivity index (χ0) is 13.5. The van der Waals surface area contributed by atoms with E-state index in [-0.39, 0.29) is 24.2 Å². The average Bonchev–Trinajstić information content (AvgIpc) is 2.49. The van der Waals surface area contributed by atoms with Crippen molar-refractivity contribution in [1.82, 2.24) is 10.6 Å². The molecule has 1 saturated heterocycles. The third-order valence-electron chi connectivity index (χ3n) is 3.95. The quantitative estimate of drug-likeness (QED) is 0.877. The van der Waals surface area contributed by atoms with Crippen molar-refractivity contribution in [3.05, 3.63) is 35.9 Å². The van der Waals surface area contributed by atoms with Crippen molar-refractivity contribution in [2.45, 2.75) is 32.1 Å². The second-order valence-corrected chi connectivity index (χ2v) is 5.30. The Morgan fingerprint density at radius 1 is 1.40 bits per heavy atom. The van der Waals surface area contributed by atoms with Crippen molar-refractivity contribution in [1.29, 1.82) is 0 Å². The summed E-state index contributed by atoms with van der Waals surface area (Å²) in [4.78, 5) is 12.1. The van der Waals surface area contributed by atoms with E-state index < -0.39 is 0 Å². The summed E-state index contributed by atoms with van der Waals surface area (Å²) in [5.41, 5.74) is 1.31. The fourth-order valence-corrected chi connectivity index (χ4v) is 2.67. The molecule has 0 radical (unpaired) electrons.